The van der Waals surface area contributed by atoms with Crippen molar-refractivity contribution in [2.24, 2.45) is 0 Å². The Morgan fingerprint density at radius 2 is 2.08 bits per heavy atom. The minimum Gasteiger partial charge on any atom is -0.280 e. The Morgan fingerprint density at radius 3 is 2.85 bits per heavy atom. The van der Waals surface area contributed by atoms with Gasteiger partial charge in [-0.25, -0.2) is 0 Å². The van der Waals surface area contributed by atoms with E-state index in [2.05, 4.69) is 4.98 Å². The lowest BCUT2D eigenvalue weighted by atomic mass is 10.2. The molecule has 0 saturated carbocycles. The number of H-pyrrole nitrogens is 1. The van der Waals surface area contributed by atoms with Crippen molar-refractivity contribution in [1.29, 1.82) is 0 Å². The van der Waals surface area contributed by atoms with Crippen LogP contribution in [-0.2, 0) is 0 Å². The fourth-order valence-electron chi connectivity index (χ4n) is 1.20. The van der Waals surface area contributed by atoms with Gasteiger partial charge in [0.15, 0.2) is 0 Å². The lowest BCUT2D eigenvalue weighted by Crippen LogP contribution is -2.15. The van der Waals surface area contributed by atoms with Crippen molar-refractivity contribution in [3.05, 3.63) is 43.8 Å². The maximum atomic E-state index is 11.3. The molecular formula is C9H7NO2S. The van der Waals surface area contributed by atoms with Crippen LogP contribution in [0.15, 0.2) is 27.8 Å². The molecule has 0 atom stereocenters. The van der Waals surface area contributed by atoms with Gasteiger partial charge >= 0.3 is 4.87 Å². The molecule has 0 saturated heterocycles. The van der Waals surface area contributed by atoms with Crippen LogP contribution in [0.1, 0.15) is 5.56 Å². The van der Waals surface area contributed by atoms with Crippen LogP contribution in [0.3, 0.4) is 0 Å². The monoisotopic (exact) mass is 193 g/mol. The van der Waals surface area contributed by atoms with E-state index in [1.165, 1.54) is 0 Å². The van der Waals surface area contributed by atoms with Crippen molar-refractivity contribution >= 4 is 21.4 Å². The zero-order valence-electron chi connectivity index (χ0n) is 6.96. The third-order valence-corrected chi connectivity index (χ3v) is 2.66. The molecule has 0 unspecified atom stereocenters. The normalized spacial score (nSPS) is 10.5. The van der Waals surface area contributed by atoms with Gasteiger partial charge < -0.3 is 0 Å². The van der Waals surface area contributed by atoms with Crippen molar-refractivity contribution in [1.82, 2.24) is 4.98 Å². The third-order valence-electron chi connectivity index (χ3n) is 1.80. The van der Waals surface area contributed by atoms with E-state index in [1.54, 1.807) is 12.1 Å². The standard InChI is InChI=1S/C9H7NO2S/c1-5-2-3-7-6(4-5)8(11)10-9(12)13-7/h2-4H,1H3,(H,10,11,12). The van der Waals surface area contributed by atoms with Gasteiger partial charge in [-0.3, -0.25) is 14.6 Å². The van der Waals surface area contributed by atoms with Gasteiger partial charge in [-0.15, -0.1) is 0 Å². The lowest BCUT2D eigenvalue weighted by Gasteiger charge is -1.95. The summed E-state index contributed by atoms with van der Waals surface area (Å²) in [6.07, 6.45) is 0. The predicted octanol–water partition coefficient (Wildman–Crippen LogP) is 1.26. The summed E-state index contributed by atoms with van der Waals surface area (Å²) < 4.78 is 0.736. The van der Waals surface area contributed by atoms with E-state index in [0.717, 1.165) is 21.6 Å². The lowest BCUT2D eigenvalue weighted by molar-refractivity contribution is 1.25. The molecule has 0 bridgehead atoms. The van der Waals surface area contributed by atoms with Crippen LogP contribution >= 0.6 is 11.3 Å². The first-order valence-electron chi connectivity index (χ1n) is 3.80. The van der Waals surface area contributed by atoms with Gasteiger partial charge in [0.2, 0.25) is 0 Å². The Balaban J connectivity index is 3.04. The van der Waals surface area contributed by atoms with Crippen molar-refractivity contribution in [2.75, 3.05) is 0 Å². The number of aryl methyl sites for hydroxylation is 1. The van der Waals surface area contributed by atoms with Crippen molar-refractivity contribution in [3.8, 4) is 0 Å². The highest BCUT2D eigenvalue weighted by atomic mass is 32.1. The molecule has 4 heteroatoms. The van der Waals surface area contributed by atoms with Crippen LogP contribution in [-0.4, -0.2) is 4.98 Å². The fourth-order valence-corrected chi connectivity index (χ4v) is 1.94. The second-order valence-corrected chi connectivity index (χ2v) is 3.86. The Morgan fingerprint density at radius 1 is 1.31 bits per heavy atom. The van der Waals surface area contributed by atoms with E-state index in [4.69, 9.17) is 0 Å². The van der Waals surface area contributed by atoms with E-state index < -0.39 is 0 Å². The van der Waals surface area contributed by atoms with Crippen molar-refractivity contribution in [2.45, 2.75) is 6.92 Å². The number of nitrogens with one attached hydrogen (secondary N) is 1. The Bertz CT molecular complexity index is 568. The van der Waals surface area contributed by atoms with Gasteiger partial charge in [-0.1, -0.05) is 23.0 Å². The summed E-state index contributed by atoms with van der Waals surface area (Å²) in [5.41, 5.74) is 0.714. The van der Waals surface area contributed by atoms with Gasteiger partial charge in [0.05, 0.1) is 5.39 Å². The third kappa shape index (κ3) is 1.40. The molecule has 1 heterocycles. The first-order valence-corrected chi connectivity index (χ1v) is 4.62. The van der Waals surface area contributed by atoms with Crippen LogP contribution in [0, 0.1) is 6.92 Å². The van der Waals surface area contributed by atoms with Crippen LogP contribution in [0.2, 0.25) is 0 Å². The summed E-state index contributed by atoms with van der Waals surface area (Å²) in [7, 11) is 0. The number of hydrogen-bond donors (Lipinski definition) is 1. The van der Waals surface area contributed by atoms with Crippen LogP contribution in [0.25, 0.3) is 10.1 Å². The summed E-state index contributed by atoms with van der Waals surface area (Å²) in [5, 5.41) is 0.588. The Kier molecular flexibility index (Phi) is 1.77. The SMILES string of the molecule is Cc1ccc2sc(=O)[nH]c(=O)c2c1. The zero-order valence-corrected chi connectivity index (χ0v) is 7.77. The first-order chi connectivity index (χ1) is 6.16. The molecule has 0 fully saturated rings. The van der Waals surface area contributed by atoms with Crippen molar-refractivity contribution in [3.63, 3.8) is 0 Å². The summed E-state index contributed by atoms with van der Waals surface area (Å²) >= 11 is 1.05. The molecule has 0 aliphatic carbocycles. The highest BCUT2D eigenvalue weighted by Gasteiger charge is 1.99. The van der Waals surface area contributed by atoms with Gasteiger partial charge in [-0.2, -0.15) is 0 Å². The molecule has 1 aromatic carbocycles. The highest BCUT2D eigenvalue weighted by molar-refractivity contribution is 7.15. The number of hydrogen-bond acceptors (Lipinski definition) is 3. The van der Waals surface area contributed by atoms with Gasteiger partial charge in [-0.05, 0) is 19.1 Å². The van der Waals surface area contributed by atoms with E-state index in [1.807, 2.05) is 13.0 Å². The summed E-state index contributed by atoms with van der Waals surface area (Å²) in [6.45, 7) is 1.91. The maximum Gasteiger partial charge on any atom is 0.307 e. The number of benzene rings is 1. The molecule has 13 heavy (non-hydrogen) atoms. The van der Waals surface area contributed by atoms with E-state index in [0.29, 0.717) is 5.39 Å². The number of fused-ring (bicyclic) bond motifs is 1. The van der Waals surface area contributed by atoms with E-state index >= 15 is 0 Å². The number of rotatable bonds is 0. The minimum atomic E-state index is -0.304. The topological polar surface area (TPSA) is 49.9 Å². The van der Waals surface area contributed by atoms with Gasteiger partial charge in [0.1, 0.15) is 0 Å². The van der Waals surface area contributed by atoms with Crippen LogP contribution < -0.4 is 10.4 Å². The Labute approximate surface area is 77.7 Å². The number of aromatic amines is 1. The summed E-state index contributed by atoms with van der Waals surface area (Å²) in [4.78, 5) is 24.2. The number of aromatic nitrogens is 1. The molecule has 0 amide bonds. The minimum absolute atomic E-state index is 0.303. The van der Waals surface area contributed by atoms with E-state index in [9.17, 15) is 9.59 Å². The molecule has 0 radical (unpaired) electrons. The maximum absolute atomic E-state index is 11.3. The summed E-state index contributed by atoms with van der Waals surface area (Å²) in [5.74, 6) is 0. The smallest absolute Gasteiger partial charge is 0.280 e. The largest absolute Gasteiger partial charge is 0.307 e. The molecule has 0 spiro atoms. The van der Waals surface area contributed by atoms with Gasteiger partial charge in [0.25, 0.3) is 5.56 Å². The second kappa shape index (κ2) is 2.81. The molecule has 1 aromatic heterocycles. The molecule has 3 nitrogen and oxygen atoms in total. The molecule has 66 valence electrons. The molecular weight excluding hydrogens is 186 g/mol. The van der Waals surface area contributed by atoms with Gasteiger partial charge in [0, 0.05) is 4.70 Å². The summed E-state index contributed by atoms with van der Waals surface area (Å²) in [6, 6.07) is 5.47. The molecule has 2 aromatic rings. The molecule has 2 rings (SSSR count). The highest BCUT2D eigenvalue weighted by Crippen LogP contribution is 2.12. The average Bonchev–Trinajstić information content (AvgIpc) is 2.06. The van der Waals surface area contributed by atoms with Crippen molar-refractivity contribution < 1.29 is 0 Å². The zero-order chi connectivity index (χ0) is 9.42. The van der Waals surface area contributed by atoms with Crippen LogP contribution in [0.5, 0.6) is 0 Å². The predicted molar refractivity (Wildman–Crippen MR) is 53.5 cm³/mol. The average molecular weight is 193 g/mol. The van der Waals surface area contributed by atoms with E-state index in [-0.39, 0.29) is 10.4 Å². The van der Waals surface area contributed by atoms with Crippen LogP contribution in [0.4, 0.5) is 0 Å². The molecule has 0 aliphatic rings. The fraction of sp³-hybridized carbons (Fsp3) is 0.111. The first kappa shape index (κ1) is 8.19. The molecule has 1 N–H and O–H groups in total. The Hall–Kier alpha value is -1.42. The second-order valence-electron chi connectivity index (χ2n) is 2.84. The quantitative estimate of drug-likeness (QED) is 0.684. The molecule has 0 aliphatic heterocycles.